The van der Waals surface area contributed by atoms with Crippen LogP contribution >= 0.6 is 0 Å². The molecular formula is C23H31N3O3S. The lowest BCUT2D eigenvalue weighted by atomic mass is 10.1. The highest BCUT2D eigenvalue weighted by molar-refractivity contribution is 7.89. The minimum atomic E-state index is -3.44. The van der Waals surface area contributed by atoms with Gasteiger partial charge in [-0.15, -0.1) is 0 Å². The summed E-state index contributed by atoms with van der Waals surface area (Å²) in [7, 11) is -3.44. The van der Waals surface area contributed by atoms with Crippen molar-refractivity contribution in [3.63, 3.8) is 0 Å². The highest BCUT2D eigenvalue weighted by atomic mass is 32.2. The molecule has 2 aliphatic rings. The summed E-state index contributed by atoms with van der Waals surface area (Å²) in [5, 5.41) is 0. The quantitative estimate of drug-likeness (QED) is 0.677. The molecule has 0 spiro atoms. The van der Waals surface area contributed by atoms with Crippen LogP contribution in [0.1, 0.15) is 6.42 Å². The van der Waals surface area contributed by atoms with Crippen molar-refractivity contribution in [2.24, 2.45) is 0 Å². The van der Waals surface area contributed by atoms with Gasteiger partial charge in [0.1, 0.15) is 0 Å². The van der Waals surface area contributed by atoms with Crippen LogP contribution in [0.25, 0.3) is 11.1 Å². The van der Waals surface area contributed by atoms with E-state index in [1.165, 1.54) is 0 Å². The molecule has 0 saturated carbocycles. The van der Waals surface area contributed by atoms with E-state index in [1.807, 2.05) is 42.5 Å². The molecule has 0 radical (unpaired) electrons. The van der Waals surface area contributed by atoms with Crippen molar-refractivity contribution < 1.29 is 13.2 Å². The van der Waals surface area contributed by atoms with E-state index in [4.69, 9.17) is 4.74 Å². The molecule has 30 heavy (non-hydrogen) atoms. The monoisotopic (exact) mass is 429 g/mol. The van der Waals surface area contributed by atoms with Crippen LogP contribution in [0.5, 0.6) is 0 Å². The van der Waals surface area contributed by atoms with Gasteiger partial charge in [-0.2, -0.15) is 4.31 Å². The van der Waals surface area contributed by atoms with Crippen LogP contribution in [0.2, 0.25) is 0 Å². The molecule has 2 aromatic rings. The highest BCUT2D eigenvalue weighted by Crippen LogP contribution is 2.23. The maximum absolute atomic E-state index is 13.1. The Morgan fingerprint density at radius 2 is 1.27 bits per heavy atom. The Kier molecular flexibility index (Phi) is 7.17. The fourth-order valence-electron chi connectivity index (χ4n) is 4.14. The summed E-state index contributed by atoms with van der Waals surface area (Å²) in [5.41, 5.74) is 2.12. The maximum Gasteiger partial charge on any atom is 0.243 e. The van der Waals surface area contributed by atoms with Gasteiger partial charge in [0, 0.05) is 39.3 Å². The summed E-state index contributed by atoms with van der Waals surface area (Å²) in [6.45, 7) is 8.54. The normalized spacial score (nSPS) is 19.7. The SMILES string of the molecule is O=S(=O)(c1ccc(-c2ccccc2)cc1)N1CCN(CCCN2CCOCC2)CC1. The molecule has 2 saturated heterocycles. The van der Waals surface area contributed by atoms with E-state index < -0.39 is 10.0 Å². The van der Waals surface area contributed by atoms with Crippen molar-refractivity contribution in [3.05, 3.63) is 54.6 Å². The molecule has 0 unspecified atom stereocenters. The van der Waals surface area contributed by atoms with Gasteiger partial charge in [-0.25, -0.2) is 8.42 Å². The van der Waals surface area contributed by atoms with E-state index in [9.17, 15) is 8.42 Å². The molecule has 0 amide bonds. The molecule has 2 aromatic carbocycles. The standard InChI is InChI=1S/C23H31N3O3S/c27-30(28,23-9-7-22(8-10-23)21-5-2-1-3-6-21)26-15-13-24(14-16-26)11-4-12-25-17-19-29-20-18-25/h1-3,5-10H,4,11-20H2. The van der Waals surface area contributed by atoms with E-state index in [1.54, 1.807) is 16.4 Å². The van der Waals surface area contributed by atoms with Crippen LogP contribution in [0.4, 0.5) is 0 Å². The van der Waals surface area contributed by atoms with Gasteiger partial charge < -0.3 is 9.64 Å². The smallest absolute Gasteiger partial charge is 0.243 e. The highest BCUT2D eigenvalue weighted by Gasteiger charge is 2.28. The van der Waals surface area contributed by atoms with Crippen molar-refractivity contribution >= 4 is 10.0 Å². The fraction of sp³-hybridized carbons (Fsp3) is 0.478. The van der Waals surface area contributed by atoms with Gasteiger partial charge in [-0.1, -0.05) is 42.5 Å². The van der Waals surface area contributed by atoms with Crippen LogP contribution in [-0.2, 0) is 14.8 Å². The Bertz CT molecular complexity index is 889. The zero-order valence-electron chi connectivity index (χ0n) is 17.4. The predicted molar refractivity (Wildman–Crippen MR) is 119 cm³/mol. The third kappa shape index (κ3) is 5.28. The summed E-state index contributed by atoms with van der Waals surface area (Å²) >= 11 is 0. The van der Waals surface area contributed by atoms with E-state index >= 15 is 0 Å². The molecule has 162 valence electrons. The lowest BCUT2D eigenvalue weighted by Gasteiger charge is -2.34. The zero-order valence-corrected chi connectivity index (χ0v) is 18.3. The van der Waals surface area contributed by atoms with Crippen LogP contribution < -0.4 is 0 Å². The minimum Gasteiger partial charge on any atom is -0.379 e. The molecule has 0 aliphatic carbocycles. The van der Waals surface area contributed by atoms with Gasteiger partial charge in [0.15, 0.2) is 0 Å². The summed E-state index contributed by atoms with van der Waals surface area (Å²) < 4.78 is 33.1. The fourth-order valence-corrected chi connectivity index (χ4v) is 5.56. The van der Waals surface area contributed by atoms with Gasteiger partial charge in [0.2, 0.25) is 10.0 Å². The topological polar surface area (TPSA) is 53.1 Å². The predicted octanol–water partition coefficient (Wildman–Crippen LogP) is 2.38. The Balaban J connectivity index is 1.28. The number of ether oxygens (including phenoxy) is 1. The number of rotatable bonds is 7. The molecule has 0 N–H and O–H groups in total. The van der Waals surface area contributed by atoms with E-state index in [-0.39, 0.29) is 0 Å². The van der Waals surface area contributed by atoms with Gasteiger partial charge in [0.25, 0.3) is 0 Å². The summed E-state index contributed by atoms with van der Waals surface area (Å²) in [6, 6.07) is 17.3. The summed E-state index contributed by atoms with van der Waals surface area (Å²) in [4.78, 5) is 5.21. The van der Waals surface area contributed by atoms with E-state index in [0.717, 1.165) is 70.0 Å². The number of hydrogen-bond acceptors (Lipinski definition) is 5. The van der Waals surface area contributed by atoms with Gasteiger partial charge in [-0.05, 0) is 42.8 Å². The van der Waals surface area contributed by atoms with Crippen molar-refractivity contribution in [1.82, 2.24) is 14.1 Å². The van der Waals surface area contributed by atoms with Crippen molar-refractivity contribution in [2.75, 3.05) is 65.6 Å². The second-order valence-corrected chi connectivity index (χ2v) is 9.88. The lowest BCUT2D eigenvalue weighted by molar-refractivity contribution is 0.0356. The van der Waals surface area contributed by atoms with Crippen LogP contribution in [0, 0.1) is 0 Å². The Labute approximate surface area is 180 Å². The number of benzene rings is 2. The molecule has 0 atom stereocenters. The number of nitrogens with zero attached hydrogens (tertiary/aromatic N) is 3. The Hall–Kier alpha value is -1.77. The molecular weight excluding hydrogens is 398 g/mol. The van der Waals surface area contributed by atoms with Crippen molar-refractivity contribution in [2.45, 2.75) is 11.3 Å². The van der Waals surface area contributed by atoms with Gasteiger partial charge >= 0.3 is 0 Å². The summed E-state index contributed by atoms with van der Waals surface area (Å²) in [6.07, 6.45) is 1.12. The minimum absolute atomic E-state index is 0.378. The van der Waals surface area contributed by atoms with Crippen molar-refractivity contribution in [3.8, 4) is 11.1 Å². The van der Waals surface area contributed by atoms with Crippen molar-refractivity contribution in [1.29, 1.82) is 0 Å². The Morgan fingerprint density at radius 1 is 0.700 bits per heavy atom. The molecule has 0 aromatic heterocycles. The van der Waals surface area contributed by atoms with Gasteiger partial charge in [-0.3, -0.25) is 4.90 Å². The first-order valence-corrected chi connectivity index (χ1v) is 12.2. The Morgan fingerprint density at radius 3 is 1.90 bits per heavy atom. The molecule has 2 heterocycles. The second kappa shape index (κ2) is 10.0. The first-order valence-electron chi connectivity index (χ1n) is 10.8. The maximum atomic E-state index is 13.1. The number of hydrogen-bond donors (Lipinski definition) is 0. The van der Waals surface area contributed by atoms with E-state index in [2.05, 4.69) is 9.80 Å². The third-order valence-corrected chi connectivity index (χ3v) is 7.90. The first kappa shape index (κ1) is 21.5. The molecule has 0 bridgehead atoms. The number of piperazine rings is 1. The summed E-state index contributed by atoms with van der Waals surface area (Å²) in [5.74, 6) is 0. The number of sulfonamides is 1. The van der Waals surface area contributed by atoms with Crippen LogP contribution in [0.15, 0.2) is 59.5 Å². The van der Waals surface area contributed by atoms with E-state index in [0.29, 0.717) is 18.0 Å². The average Bonchev–Trinajstić information content (AvgIpc) is 2.81. The van der Waals surface area contributed by atoms with Crippen LogP contribution in [-0.4, -0.2) is 88.1 Å². The first-order chi connectivity index (χ1) is 14.6. The van der Waals surface area contributed by atoms with Crippen LogP contribution in [0.3, 0.4) is 0 Å². The molecule has 2 fully saturated rings. The lowest BCUT2D eigenvalue weighted by Crippen LogP contribution is -2.49. The number of morpholine rings is 1. The van der Waals surface area contributed by atoms with Gasteiger partial charge in [0.05, 0.1) is 18.1 Å². The second-order valence-electron chi connectivity index (χ2n) is 7.94. The molecule has 2 aliphatic heterocycles. The largest absolute Gasteiger partial charge is 0.379 e. The molecule has 7 heteroatoms. The zero-order chi connectivity index (χ0) is 20.8. The molecule has 6 nitrogen and oxygen atoms in total. The molecule has 4 rings (SSSR count). The average molecular weight is 430 g/mol. The third-order valence-electron chi connectivity index (χ3n) is 5.98.